The molecule has 0 aromatic heterocycles. The van der Waals surface area contributed by atoms with Crippen LogP contribution < -0.4 is 10.5 Å². The van der Waals surface area contributed by atoms with Crippen LogP contribution in [0.4, 0.5) is 0 Å². The fraction of sp³-hybridized carbons (Fsp3) is 0.462. The van der Waals surface area contributed by atoms with Gasteiger partial charge < -0.3 is 15.6 Å². The number of halogens is 1. The molecule has 5 heteroatoms. The molecule has 0 fully saturated rings. The molecule has 0 saturated carbocycles. The largest absolute Gasteiger partial charge is 0.493 e. The van der Waals surface area contributed by atoms with Crippen LogP contribution in [0.15, 0.2) is 24.3 Å². The van der Waals surface area contributed by atoms with Crippen molar-refractivity contribution >= 4 is 18.4 Å². The molecule has 0 aliphatic carbocycles. The van der Waals surface area contributed by atoms with E-state index >= 15 is 0 Å². The number of rotatable bonds is 6. The van der Waals surface area contributed by atoms with Crippen LogP contribution >= 0.6 is 12.4 Å². The molecule has 1 aromatic carbocycles. The van der Waals surface area contributed by atoms with Crippen molar-refractivity contribution in [1.82, 2.24) is 0 Å². The number of hydrogen-bond acceptors (Lipinski definition) is 3. The second kappa shape index (κ2) is 7.95. The van der Waals surface area contributed by atoms with E-state index in [9.17, 15) is 4.79 Å². The lowest BCUT2D eigenvalue weighted by molar-refractivity contribution is -0.138. The van der Waals surface area contributed by atoms with Crippen molar-refractivity contribution in [3.8, 4) is 5.75 Å². The number of carboxylic acid groups (broad SMARTS) is 1. The van der Waals surface area contributed by atoms with Gasteiger partial charge in [-0.15, -0.1) is 12.4 Å². The molecule has 1 atom stereocenters. The van der Waals surface area contributed by atoms with Crippen LogP contribution in [-0.2, 0) is 11.2 Å². The Balaban J connectivity index is 0.00000289. The first-order valence-electron chi connectivity index (χ1n) is 5.69. The Labute approximate surface area is 114 Å². The normalized spacial score (nSPS) is 11.8. The minimum Gasteiger partial charge on any atom is -0.493 e. The number of aliphatic carboxylic acids is 1. The van der Waals surface area contributed by atoms with Crippen LogP contribution in [0.25, 0.3) is 0 Å². The van der Waals surface area contributed by atoms with Gasteiger partial charge in [0.1, 0.15) is 11.8 Å². The monoisotopic (exact) mass is 273 g/mol. The van der Waals surface area contributed by atoms with Gasteiger partial charge in [-0.05, 0) is 30.0 Å². The summed E-state index contributed by atoms with van der Waals surface area (Å²) in [6.45, 7) is 4.84. The number of benzene rings is 1. The first-order chi connectivity index (χ1) is 7.99. The first kappa shape index (κ1) is 16.7. The second-order valence-corrected chi connectivity index (χ2v) is 4.50. The predicted molar refractivity (Wildman–Crippen MR) is 73.3 cm³/mol. The Kier molecular flexibility index (Phi) is 7.39. The van der Waals surface area contributed by atoms with Gasteiger partial charge in [-0.25, -0.2) is 0 Å². The van der Waals surface area contributed by atoms with E-state index in [0.29, 0.717) is 18.9 Å². The minimum atomic E-state index is -0.981. The van der Waals surface area contributed by atoms with Gasteiger partial charge in [0.15, 0.2) is 0 Å². The van der Waals surface area contributed by atoms with Gasteiger partial charge in [0.25, 0.3) is 0 Å². The van der Waals surface area contributed by atoms with Gasteiger partial charge >= 0.3 is 5.97 Å². The summed E-state index contributed by atoms with van der Waals surface area (Å²) in [5.74, 6) is 0.298. The topological polar surface area (TPSA) is 72.5 Å². The summed E-state index contributed by atoms with van der Waals surface area (Å²) in [6, 6.07) is 6.52. The van der Waals surface area contributed by atoms with Gasteiger partial charge in [0.2, 0.25) is 0 Å². The maximum Gasteiger partial charge on any atom is 0.320 e. The van der Waals surface area contributed by atoms with Crippen molar-refractivity contribution in [2.75, 3.05) is 6.61 Å². The molecule has 0 saturated heterocycles. The van der Waals surface area contributed by atoms with Crippen molar-refractivity contribution in [1.29, 1.82) is 0 Å². The zero-order chi connectivity index (χ0) is 12.8. The Morgan fingerprint density at radius 2 is 1.89 bits per heavy atom. The summed E-state index contributed by atoms with van der Waals surface area (Å²) in [4.78, 5) is 10.6. The maximum atomic E-state index is 10.6. The van der Waals surface area contributed by atoms with Crippen molar-refractivity contribution < 1.29 is 14.6 Å². The molecule has 1 rings (SSSR count). The average Bonchev–Trinajstić information content (AvgIpc) is 2.28. The molecule has 3 N–H and O–H groups in total. The van der Waals surface area contributed by atoms with Crippen molar-refractivity contribution in [3.05, 3.63) is 29.8 Å². The highest BCUT2D eigenvalue weighted by Crippen LogP contribution is 2.14. The Bertz CT molecular complexity index is 365. The highest BCUT2D eigenvalue weighted by Gasteiger charge is 2.11. The molecule has 1 unspecified atom stereocenters. The molecule has 0 aliphatic rings. The second-order valence-electron chi connectivity index (χ2n) is 4.50. The fourth-order valence-electron chi connectivity index (χ4n) is 1.33. The zero-order valence-corrected chi connectivity index (χ0v) is 11.4. The molecule has 0 radical (unpaired) electrons. The van der Waals surface area contributed by atoms with Gasteiger partial charge in [-0.3, -0.25) is 4.79 Å². The smallest absolute Gasteiger partial charge is 0.320 e. The number of hydrogen-bond donors (Lipinski definition) is 2. The van der Waals surface area contributed by atoms with Crippen LogP contribution in [0.5, 0.6) is 5.75 Å². The molecule has 0 amide bonds. The molecule has 0 heterocycles. The lowest BCUT2D eigenvalue weighted by Gasteiger charge is -2.10. The van der Waals surface area contributed by atoms with Crippen molar-refractivity contribution in [3.63, 3.8) is 0 Å². The number of carbonyl (C=O) groups is 1. The lowest BCUT2D eigenvalue weighted by Crippen LogP contribution is -2.32. The molecule has 1 aromatic rings. The summed E-state index contributed by atoms with van der Waals surface area (Å²) >= 11 is 0. The third-order valence-electron chi connectivity index (χ3n) is 2.28. The molecule has 0 spiro atoms. The number of carboxylic acids is 1. The van der Waals surface area contributed by atoms with Crippen LogP contribution in [-0.4, -0.2) is 23.7 Å². The van der Waals surface area contributed by atoms with Crippen molar-refractivity contribution in [2.45, 2.75) is 26.3 Å². The summed E-state index contributed by atoms with van der Waals surface area (Å²) in [6.07, 6.45) is 0.333. The van der Waals surface area contributed by atoms with Crippen LogP contribution in [0, 0.1) is 5.92 Å². The van der Waals surface area contributed by atoms with E-state index in [2.05, 4.69) is 13.8 Å². The molecule has 4 nitrogen and oxygen atoms in total. The Morgan fingerprint density at radius 1 is 1.33 bits per heavy atom. The predicted octanol–water partition coefficient (Wildman–Crippen LogP) is 2.10. The van der Waals surface area contributed by atoms with E-state index in [1.165, 1.54) is 0 Å². The highest BCUT2D eigenvalue weighted by atomic mass is 35.5. The minimum absolute atomic E-state index is 0. The average molecular weight is 274 g/mol. The molecular weight excluding hydrogens is 254 g/mol. The van der Waals surface area contributed by atoms with E-state index in [0.717, 1.165) is 11.3 Å². The number of ether oxygens (including phenoxy) is 1. The van der Waals surface area contributed by atoms with Gasteiger partial charge in [0.05, 0.1) is 6.61 Å². The Hall–Kier alpha value is -1.26. The standard InChI is InChI=1S/C13H19NO3.ClH/c1-9(2)8-17-11-5-3-10(4-6-11)7-12(14)13(15)16;/h3-6,9,12H,7-8,14H2,1-2H3,(H,15,16);1H. The lowest BCUT2D eigenvalue weighted by atomic mass is 10.1. The highest BCUT2D eigenvalue weighted by molar-refractivity contribution is 5.85. The molecule has 18 heavy (non-hydrogen) atoms. The molecule has 0 bridgehead atoms. The van der Waals surface area contributed by atoms with Crippen molar-refractivity contribution in [2.24, 2.45) is 11.7 Å². The van der Waals surface area contributed by atoms with Crippen LogP contribution in [0.2, 0.25) is 0 Å². The summed E-state index contributed by atoms with van der Waals surface area (Å²) in [7, 11) is 0. The van der Waals surface area contributed by atoms with Gasteiger partial charge in [0, 0.05) is 0 Å². The molecule has 102 valence electrons. The molecule has 0 aliphatic heterocycles. The quantitative estimate of drug-likeness (QED) is 0.832. The van der Waals surface area contributed by atoms with E-state index < -0.39 is 12.0 Å². The van der Waals surface area contributed by atoms with Crippen LogP contribution in [0.1, 0.15) is 19.4 Å². The van der Waals surface area contributed by atoms with E-state index in [1.54, 1.807) is 0 Å². The molecular formula is C13H20ClNO3. The van der Waals surface area contributed by atoms with E-state index in [-0.39, 0.29) is 12.4 Å². The van der Waals surface area contributed by atoms with Gasteiger partial charge in [-0.2, -0.15) is 0 Å². The third kappa shape index (κ3) is 5.89. The Morgan fingerprint density at radius 3 is 2.33 bits per heavy atom. The third-order valence-corrected chi connectivity index (χ3v) is 2.28. The van der Waals surface area contributed by atoms with E-state index in [4.69, 9.17) is 15.6 Å². The van der Waals surface area contributed by atoms with Gasteiger partial charge in [-0.1, -0.05) is 26.0 Å². The SMILES string of the molecule is CC(C)COc1ccc(CC(N)C(=O)O)cc1.Cl. The summed E-state index contributed by atoms with van der Waals surface area (Å²) in [5, 5.41) is 8.69. The number of nitrogens with two attached hydrogens (primary N) is 1. The summed E-state index contributed by atoms with van der Waals surface area (Å²) in [5.41, 5.74) is 6.35. The summed E-state index contributed by atoms with van der Waals surface area (Å²) < 4.78 is 5.53. The van der Waals surface area contributed by atoms with Crippen LogP contribution in [0.3, 0.4) is 0 Å². The maximum absolute atomic E-state index is 10.6. The van der Waals surface area contributed by atoms with E-state index in [1.807, 2.05) is 24.3 Å². The first-order valence-corrected chi connectivity index (χ1v) is 5.69. The zero-order valence-electron chi connectivity index (χ0n) is 10.6. The fourth-order valence-corrected chi connectivity index (χ4v) is 1.33.